The molecule has 0 saturated carbocycles. The van der Waals surface area contributed by atoms with E-state index in [1.54, 1.807) is 7.11 Å². The molecule has 1 aliphatic rings. The van der Waals surface area contributed by atoms with Crippen molar-refractivity contribution in [1.82, 2.24) is 0 Å². The number of carboxylic acids is 1. The molecule has 0 saturated heterocycles. The topological polar surface area (TPSA) is 99.1 Å². The van der Waals surface area contributed by atoms with E-state index in [-0.39, 0.29) is 36.7 Å². The second-order valence-corrected chi connectivity index (χ2v) is 7.91. The fourth-order valence-electron chi connectivity index (χ4n) is 3.92. The first-order valence-electron chi connectivity index (χ1n) is 10.7. The van der Waals surface area contributed by atoms with E-state index in [1.807, 2.05) is 32.9 Å². The number of carboxylic acid groups (broad SMARTS) is 1. The fraction of sp³-hybridized carbons (Fsp3) is 0.696. The first kappa shape index (κ1) is 25.9. The summed E-state index contributed by atoms with van der Waals surface area (Å²) < 4.78 is 17.0. The second kappa shape index (κ2) is 13.2. The molecule has 6 atom stereocenters. The summed E-state index contributed by atoms with van der Waals surface area (Å²) in [6, 6.07) is 0. The lowest BCUT2D eigenvalue weighted by molar-refractivity contribution is -0.163. The van der Waals surface area contributed by atoms with E-state index in [1.165, 1.54) is 6.08 Å². The van der Waals surface area contributed by atoms with E-state index in [9.17, 15) is 14.4 Å². The van der Waals surface area contributed by atoms with Crippen LogP contribution in [-0.2, 0) is 28.6 Å². The summed E-state index contributed by atoms with van der Waals surface area (Å²) in [5, 5.41) is 8.84. The van der Waals surface area contributed by atoms with Gasteiger partial charge in [0.2, 0.25) is 0 Å². The van der Waals surface area contributed by atoms with Crippen molar-refractivity contribution < 1.29 is 33.7 Å². The third kappa shape index (κ3) is 8.30. The molecule has 0 radical (unpaired) electrons. The van der Waals surface area contributed by atoms with Gasteiger partial charge >= 0.3 is 17.9 Å². The number of carbonyl (C=O) groups excluding carboxylic acids is 2. The zero-order valence-electron chi connectivity index (χ0n) is 18.7. The summed E-state index contributed by atoms with van der Waals surface area (Å²) in [6.07, 6.45) is 7.61. The predicted octanol–water partition coefficient (Wildman–Crippen LogP) is 3.91. The Morgan fingerprint density at radius 2 is 2.00 bits per heavy atom. The summed E-state index contributed by atoms with van der Waals surface area (Å²) >= 11 is 0. The van der Waals surface area contributed by atoms with Gasteiger partial charge in [0.15, 0.2) is 0 Å². The van der Waals surface area contributed by atoms with Crippen LogP contribution in [0.25, 0.3) is 0 Å². The largest absolute Gasteiger partial charge is 0.481 e. The molecule has 30 heavy (non-hydrogen) atoms. The number of hydrogen-bond donors (Lipinski definition) is 1. The third-order valence-corrected chi connectivity index (χ3v) is 5.67. The lowest BCUT2D eigenvalue weighted by Crippen LogP contribution is -2.42. The minimum atomic E-state index is -1.05. The molecule has 1 heterocycles. The highest BCUT2D eigenvalue weighted by atomic mass is 16.6. The molecule has 0 aliphatic carbocycles. The number of aliphatic carboxylic acids is 1. The Morgan fingerprint density at radius 1 is 1.30 bits per heavy atom. The van der Waals surface area contributed by atoms with Crippen molar-refractivity contribution in [2.75, 3.05) is 7.11 Å². The van der Waals surface area contributed by atoms with Gasteiger partial charge in [-0.3, -0.25) is 9.59 Å². The number of esters is 2. The standard InChI is InChI=1S/C23H36O7/c1-6-8-9-15(3)23(28-5)16(4)18(29-22(27)13-11-20(24)25)14-19-17(7-2)10-12-21(26)30-19/h6,8,10,12,15-19,23H,7,9,11,13-14H2,1-5H3,(H,24,25)/b8-6+/t15-,16-,17+,18-,19+,23+/m0/s1. The van der Waals surface area contributed by atoms with Crippen LogP contribution in [-0.4, -0.2) is 48.4 Å². The van der Waals surface area contributed by atoms with Crippen LogP contribution in [0.3, 0.4) is 0 Å². The van der Waals surface area contributed by atoms with E-state index in [0.29, 0.717) is 6.42 Å². The van der Waals surface area contributed by atoms with Crippen molar-refractivity contribution in [3.05, 3.63) is 24.3 Å². The highest BCUT2D eigenvalue weighted by Gasteiger charge is 2.37. The van der Waals surface area contributed by atoms with E-state index in [4.69, 9.17) is 19.3 Å². The first-order valence-corrected chi connectivity index (χ1v) is 10.7. The van der Waals surface area contributed by atoms with Crippen molar-refractivity contribution in [3.8, 4) is 0 Å². The Morgan fingerprint density at radius 3 is 2.57 bits per heavy atom. The zero-order valence-corrected chi connectivity index (χ0v) is 18.7. The summed E-state index contributed by atoms with van der Waals surface area (Å²) in [7, 11) is 1.63. The van der Waals surface area contributed by atoms with Gasteiger partial charge < -0.3 is 19.3 Å². The third-order valence-electron chi connectivity index (χ3n) is 5.67. The van der Waals surface area contributed by atoms with E-state index in [2.05, 4.69) is 13.0 Å². The molecule has 170 valence electrons. The maximum Gasteiger partial charge on any atom is 0.330 e. The molecule has 0 aromatic carbocycles. The number of methoxy groups -OCH3 is 1. The Kier molecular flexibility index (Phi) is 11.4. The van der Waals surface area contributed by atoms with Crippen LogP contribution in [0.1, 0.15) is 59.8 Å². The molecule has 7 nitrogen and oxygen atoms in total. The van der Waals surface area contributed by atoms with Gasteiger partial charge in [0.05, 0.1) is 18.9 Å². The van der Waals surface area contributed by atoms with Crippen molar-refractivity contribution in [2.45, 2.75) is 78.1 Å². The van der Waals surface area contributed by atoms with Gasteiger partial charge in [-0.05, 0) is 25.7 Å². The van der Waals surface area contributed by atoms with Crippen LogP contribution in [0.4, 0.5) is 0 Å². The molecule has 0 bridgehead atoms. The van der Waals surface area contributed by atoms with Crippen molar-refractivity contribution in [3.63, 3.8) is 0 Å². The number of carbonyl (C=O) groups is 3. The molecule has 0 amide bonds. The Hall–Kier alpha value is -2.15. The summed E-state index contributed by atoms with van der Waals surface area (Å²) in [4.78, 5) is 34.9. The lowest BCUT2D eigenvalue weighted by Gasteiger charge is -2.36. The maximum atomic E-state index is 12.3. The highest BCUT2D eigenvalue weighted by molar-refractivity contribution is 5.83. The van der Waals surface area contributed by atoms with Gasteiger partial charge in [-0.2, -0.15) is 0 Å². The monoisotopic (exact) mass is 424 g/mol. The molecule has 0 aromatic rings. The minimum Gasteiger partial charge on any atom is -0.481 e. The number of cyclic esters (lactones) is 1. The highest BCUT2D eigenvalue weighted by Crippen LogP contribution is 2.31. The van der Waals surface area contributed by atoms with Crippen molar-refractivity contribution in [2.24, 2.45) is 17.8 Å². The van der Waals surface area contributed by atoms with Crippen molar-refractivity contribution in [1.29, 1.82) is 0 Å². The molecule has 1 aliphatic heterocycles. The fourth-order valence-corrected chi connectivity index (χ4v) is 3.92. The Balaban J connectivity index is 3.02. The van der Waals surface area contributed by atoms with Crippen LogP contribution in [0.5, 0.6) is 0 Å². The van der Waals surface area contributed by atoms with Gasteiger partial charge in [0.25, 0.3) is 0 Å². The number of hydrogen-bond acceptors (Lipinski definition) is 6. The van der Waals surface area contributed by atoms with Gasteiger partial charge in [-0.1, -0.05) is 39.0 Å². The summed E-state index contributed by atoms with van der Waals surface area (Å²) in [5.41, 5.74) is 0. The molecular formula is C23H36O7. The summed E-state index contributed by atoms with van der Waals surface area (Å²) in [6.45, 7) is 8.00. The van der Waals surface area contributed by atoms with Crippen LogP contribution in [0.2, 0.25) is 0 Å². The molecule has 7 heteroatoms. The molecule has 1 N–H and O–H groups in total. The van der Waals surface area contributed by atoms with Crippen LogP contribution < -0.4 is 0 Å². The van der Waals surface area contributed by atoms with Gasteiger partial charge in [-0.25, -0.2) is 4.79 Å². The molecule has 0 spiro atoms. The first-order chi connectivity index (χ1) is 14.2. The van der Waals surface area contributed by atoms with Crippen LogP contribution in [0.15, 0.2) is 24.3 Å². The SMILES string of the molecule is C/C=C/C[C@H](C)[C@@H](OC)[C@@H](C)[C@H](C[C@H]1OC(=O)C=C[C@H]1CC)OC(=O)CCC(=O)O. The maximum absolute atomic E-state index is 12.3. The van der Waals surface area contributed by atoms with E-state index >= 15 is 0 Å². The average molecular weight is 425 g/mol. The normalized spacial score (nSPS) is 22.9. The second-order valence-electron chi connectivity index (χ2n) is 7.91. The average Bonchev–Trinajstić information content (AvgIpc) is 2.70. The molecular weight excluding hydrogens is 388 g/mol. The van der Waals surface area contributed by atoms with E-state index in [0.717, 1.165) is 12.8 Å². The smallest absolute Gasteiger partial charge is 0.330 e. The quantitative estimate of drug-likeness (QED) is 0.353. The molecule has 0 aromatic heterocycles. The van der Waals surface area contributed by atoms with Gasteiger partial charge in [0.1, 0.15) is 12.2 Å². The van der Waals surface area contributed by atoms with Gasteiger partial charge in [-0.15, -0.1) is 0 Å². The molecule has 0 unspecified atom stereocenters. The minimum absolute atomic E-state index is 0.0385. The van der Waals surface area contributed by atoms with Gasteiger partial charge in [0, 0.05) is 31.4 Å². The lowest BCUT2D eigenvalue weighted by atomic mass is 9.83. The van der Waals surface area contributed by atoms with Crippen molar-refractivity contribution >= 4 is 17.9 Å². The Bertz CT molecular complexity index is 625. The van der Waals surface area contributed by atoms with Crippen LogP contribution in [0, 0.1) is 17.8 Å². The number of ether oxygens (including phenoxy) is 3. The number of allylic oxidation sites excluding steroid dienone is 2. The predicted molar refractivity (Wildman–Crippen MR) is 113 cm³/mol. The van der Waals surface area contributed by atoms with Crippen LogP contribution >= 0.6 is 0 Å². The summed E-state index contributed by atoms with van der Waals surface area (Å²) in [5.74, 6) is -1.99. The molecule has 0 fully saturated rings. The number of rotatable bonds is 13. The Labute approximate surface area is 179 Å². The van der Waals surface area contributed by atoms with E-state index < -0.39 is 30.1 Å². The zero-order chi connectivity index (χ0) is 22.7. The molecule has 1 rings (SSSR count).